The number of ether oxygens (including phenoxy) is 1. The summed E-state index contributed by atoms with van der Waals surface area (Å²) >= 11 is 0. The highest BCUT2D eigenvalue weighted by molar-refractivity contribution is 4.69. The molecule has 0 unspecified atom stereocenters. The van der Waals surface area contributed by atoms with Gasteiger partial charge in [-0.25, -0.2) is 0 Å². The topological polar surface area (TPSA) is 29.5 Å². The molecule has 1 aliphatic rings. The van der Waals surface area contributed by atoms with Gasteiger partial charge in [-0.05, 0) is 32.6 Å². The van der Waals surface area contributed by atoms with Gasteiger partial charge in [0.15, 0.2) is 0 Å². The van der Waals surface area contributed by atoms with Gasteiger partial charge in [0.2, 0.25) is 0 Å². The molecule has 2 atom stereocenters. The summed E-state index contributed by atoms with van der Waals surface area (Å²) in [6, 6.07) is 0. The summed E-state index contributed by atoms with van der Waals surface area (Å²) < 4.78 is 5.55. The summed E-state index contributed by atoms with van der Waals surface area (Å²) in [6.45, 7) is 2.41. The first-order valence-electron chi connectivity index (χ1n) is 4.09. The van der Waals surface area contributed by atoms with Crippen LogP contribution in [0, 0.1) is 0 Å². The van der Waals surface area contributed by atoms with E-state index in [4.69, 9.17) is 9.84 Å². The lowest BCUT2D eigenvalue weighted by molar-refractivity contribution is 0.0468. The Labute approximate surface area is 62.2 Å². The molecule has 10 heavy (non-hydrogen) atoms. The molecule has 1 saturated heterocycles. The summed E-state index contributed by atoms with van der Waals surface area (Å²) in [6.07, 6.45) is 5.17. The minimum atomic E-state index is 0.300. The zero-order valence-corrected chi connectivity index (χ0v) is 6.55. The Hall–Kier alpha value is -0.0800. The van der Waals surface area contributed by atoms with E-state index in [1.54, 1.807) is 0 Å². The zero-order valence-electron chi connectivity index (χ0n) is 6.55. The van der Waals surface area contributed by atoms with E-state index in [1.165, 1.54) is 12.8 Å². The molecule has 0 saturated carbocycles. The van der Waals surface area contributed by atoms with E-state index in [9.17, 15) is 0 Å². The van der Waals surface area contributed by atoms with Gasteiger partial charge in [-0.15, -0.1) is 0 Å². The van der Waals surface area contributed by atoms with Crippen LogP contribution in [-0.2, 0) is 4.74 Å². The fourth-order valence-corrected chi connectivity index (χ4v) is 1.42. The van der Waals surface area contributed by atoms with E-state index >= 15 is 0 Å². The van der Waals surface area contributed by atoms with Crippen LogP contribution in [-0.4, -0.2) is 23.9 Å². The van der Waals surface area contributed by atoms with E-state index in [0.29, 0.717) is 18.8 Å². The summed E-state index contributed by atoms with van der Waals surface area (Å²) in [5.74, 6) is 0. The number of aliphatic hydroxyl groups is 1. The smallest absolute Gasteiger partial charge is 0.0580 e. The lowest BCUT2D eigenvalue weighted by atomic mass is 10.1. The number of rotatable bonds is 3. The predicted molar refractivity (Wildman–Crippen MR) is 39.9 cm³/mol. The predicted octanol–water partition coefficient (Wildman–Crippen LogP) is 1.33. The minimum absolute atomic E-state index is 0.300. The summed E-state index contributed by atoms with van der Waals surface area (Å²) in [5.41, 5.74) is 0. The van der Waals surface area contributed by atoms with Crippen LogP contribution in [0.15, 0.2) is 0 Å². The molecule has 0 bridgehead atoms. The highest BCUT2D eigenvalue weighted by Crippen LogP contribution is 2.22. The molecule has 0 aromatic carbocycles. The van der Waals surface area contributed by atoms with Crippen molar-refractivity contribution in [2.24, 2.45) is 0 Å². The van der Waals surface area contributed by atoms with Gasteiger partial charge in [0.25, 0.3) is 0 Å². The molecular formula is C8H16O2. The van der Waals surface area contributed by atoms with Crippen molar-refractivity contribution in [1.29, 1.82) is 0 Å². The normalized spacial score (nSPS) is 33.0. The third-order valence-corrected chi connectivity index (χ3v) is 2.00. The van der Waals surface area contributed by atoms with Crippen LogP contribution in [0.2, 0.25) is 0 Å². The van der Waals surface area contributed by atoms with E-state index in [-0.39, 0.29) is 0 Å². The van der Waals surface area contributed by atoms with Crippen LogP contribution in [0.1, 0.15) is 32.6 Å². The Morgan fingerprint density at radius 1 is 1.50 bits per heavy atom. The van der Waals surface area contributed by atoms with Crippen LogP contribution in [0.5, 0.6) is 0 Å². The van der Waals surface area contributed by atoms with Crippen molar-refractivity contribution in [3.63, 3.8) is 0 Å². The van der Waals surface area contributed by atoms with Crippen LogP contribution in [0.4, 0.5) is 0 Å². The first-order chi connectivity index (χ1) is 4.83. The first-order valence-corrected chi connectivity index (χ1v) is 4.09. The lowest BCUT2D eigenvalue weighted by Gasteiger charge is -2.08. The van der Waals surface area contributed by atoms with Gasteiger partial charge in [-0.3, -0.25) is 0 Å². The maximum absolute atomic E-state index is 8.54. The molecular weight excluding hydrogens is 128 g/mol. The minimum Gasteiger partial charge on any atom is -0.396 e. The van der Waals surface area contributed by atoms with Crippen molar-refractivity contribution in [1.82, 2.24) is 0 Å². The maximum atomic E-state index is 8.54. The van der Waals surface area contributed by atoms with Gasteiger partial charge in [-0.1, -0.05) is 0 Å². The average Bonchev–Trinajstić information content (AvgIpc) is 2.31. The fourth-order valence-electron chi connectivity index (χ4n) is 1.42. The third-order valence-electron chi connectivity index (χ3n) is 2.00. The SMILES string of the molecule is C[C@H]1CC[C@@H](CCCO)O1. The Morgan fingerprint density at radius 3 is 2.80 bits per heavy atom. The van der Waals surface area contributed by atoms with Crippen molar-refractivity contribution in [3.8, 4) is 0 Å². The molecule has 0 aromatic rings. The Bertz CT molecular complexity index is 93.3. The molecule has 1 aliphatic heterocycles. The van der Waals surface area contributed by atoms with Crippen LogP contribution in [0.3, 0.4) is 0 Å². The highest BCUT2D eigenvalue weighted by atomic mass is 16.5. The largest absolute Gasteiger partial charge is 0.396 e. The zero-order chi connectivity index (χ0) is 7.40. The van der Waals surface area contributed by atoms with Crippen LogP contribution < -0.4 is 0 Å². The van der Waals surface area contributed by atoms with Gasteiger partial charge in [0.05, 0.1) is 12.2 Å². The molecule has 0 aliphatic carbocycles. The molecule has 1 fully saturated rings. The summed E-state index contributed by atoms with van der Waals surface area (Å²) in [5, 5.41) is 8.54. The number of hydrogen-bond acceptors (Lipinski definition) is 2. The molecule has 0 radical (unpaired) electrons. The van der Waals surface area contributed by atoms with Gasteiger partial charge in [0, 0.05) is 6.61 Å². The number of aliphatic hydroxyl groups excluding tert-OH is 1. The Balaban J connectivity index is 2.06. The molecule has 2 heteroatoms. The van der Waals surface area contributed by atoms with Gasteiger partial charge in [0.1, 0.15) is 0 Å². The lowest BCUT2D eigenvalue weighted by Crippen LogP contribution is -2.08. The van der Waals surface area contributed by atoms with Crippen molar-refractivity contribution in [2.75, 3.05) is 6.61 Å². The van der Waals surface area contributed by atoms with Crippen LogP contribution >= 0.6 is 0 Å². The second-order valence-electron chi connectivity index (χ2n) is 3.01. The highest BCUT2D eigenvalue weighted by Gasteiger charge is 2.20. The van der Waals surface area contributed by atoms with Crippen molar-refractivity contribution in [3.05, 3.63) is 0 Å². The van der Waals surface area contributed by atoms with Crippen molar-refractivity contribution < 1.29 is 9.84 Å². The van der Waals surface area contributed by atoms with E-state index in [1.807, 2.05) is 0 Å². The standard InChI is InChI=1S/C8H16O2/c1-7-4-5-8(10-7)3-2-6-9/h7-9H,2-6H2,1H3/t7-,8+/m0/s1. The quantitative estimate of drug-likeness (QED) is 0.647. The monoisotopic (exact) mass is 144 g/mol. The average molecular weight is 144 g/mol. The van der Waals surface area contributed by atoms with E-state index in [2.05, 4.69) is 6.92 Å². The Kier molecular flexibility index (Phi) is 3.16. The van der Waals surface area contributed by atoms with Gasteiger partial charge >= 0.3 is 0 Å². The number of hydrogen-bond donors (Lipinski definition) is 1. The van der Waals surface area contributed by atoms with Crippen LogP contribution in [0.25, 0.3) is 0 Å². The molecule has 2 nitrogen and oxygen atoms in total. The van der Waals surface area contributed by atoms with Crippen molar-refractivity contribution in [2.45, 2.75) is 44.8 Å². The first kappa shape index (κ1) is 8.02. The third kappa shape index (κ3) is 2.27. The maximum Gasteiger partial charge on any atom is 0.0580 e. The molecule has 60 valence electrons. The second-order valence-corrected chi connectivity index (χ2v) is 3.01. The molecule has 0 spiro atoms. The van der Waals surface area contributed by atoms with E-state index in [0.717, 1.165) is 12.8 Å². The fraction of sp³-hybridized carbons (Fsp3) is 1.00. The molecule has 1 heterocycles. The van der Waals surface area contributed by atoms with Gasteiger partial charge in [-0.2, -0.15) is 0 Å². The summed E-state index contributed by atoms with van der Waals surface area (Å²) in [4.78, 5) is 0. The van der Waals surface area contributed by atoms with Crippen molar-refractivity contribution >= 4 is 0 Å². The Morgan fingerprint density at radius 2 is 2.30 bits per heavy atom. The van der Waals surface area contributed by atoms with Gasteiger partial charge < -0.3 is 9.84 Å². The van der Waals surface area contributed by atoms with E-state index < -0.39 is 0 Å². The molecule has 1 rings (SSSR count). The molecule has 1 N–H and O–H groups in total. The second kappa shape index (κ2) is 3.94. The molecule has 0 amide bonds. The summed E-state index contributed by atoms with van der Waals surface area (Å²) in [7, 11) is 0. The molecule has 0 aromatic heterocycles.